The molecule has 4 heterocycles. The molecule has 1 aliphatic rings. The highest BCUT2D eigenvalue weighted by molar-refractivity contribution is 7.16. The molecule has 2 N–H and O–H groups in total. The van der Waals surface area contributed by atoms with Gasteiger partial charge in [0.05, 0.1) is 10.5 Å². The average molecular weight is 451 g/mol. The molecule has 3 aromatic heterocycles. The zero-order chi connectivity index (χ0) is 21.2. The highest BCUT2D eigenvalue weighted by Crippen LogP contribution is 2.29. The Morgan fingerprint density at radius 2 is 2.00 bits per heavy atom. The number of halogens is 1. The molecule has 1 aromatic carbocycles. The molecule has 0 radical (unpaired) electrons. The Morgan fingerprint density at radius 1 is 1.13 bits per heavy atom. The van der Waals surface area contributed by atoms with Crippen molar-refractivity contribution in [3.8, 4) is 0 Å². The first-order valence-electron chi connectivity index (χ1n) is 10.4. The van der Waals surface area contributed by atoms with Gasteiger partial charge in [-0.1, -0.05) is 35.1 Å². The Kier molecular flexibility index (Phi) is 5.61. The minimum absolute atomic E-state index is 0.727. The van der Waals surface area contributed by atoms with Gasteiger partial charge in [0.25, 0.3) is 0 Å². The highest BCUT2D eigenvalue weighted by Gasteiger charge is 2.14. The van der Waals surface area contributed by atoms with Crippen LogP contribution in [0.3, 0.4) is 0 Å². The number of piperidine rings is 1. The van der Waals surface area contributed by atoms with E-state index in [2.05, 4.69) is 42.3 Å². The first-order valence-corrected chi connectivity index (χ1v) is 11.6. The van der Waals surface area contributed by atoms with Gasteiger partial charge < -0.3 is 15.2 Å². The zero-order valence-electron chi connectivity index (χ0n) is 17.2. The summed E-state index contributed by atoms with van der Waals surface area (Å²) in [6.07, 6.45) is 11.7. The molecule has 8 heteroatoms. The molecular weight excluding hydrogens is 428 g/mol. The predicted molar refractivity (Wildman–Crippen MR) is 130 cm³/mol. The van der Waals surface area contributed by atoms with Crippen molar-refractivity contribution in [2.45, 2.75) is 26.2 Å². The summed E-state index contributed by atoms with van der Waals surface area (Å²) >= 11 is 7.84. The van der Waals surface area contributed by atoms with Crippen LogP contribution in [0.15, 0.2) is 36.7 Å². The standard InChI is InChI=1S/C23H23ClN6S/c1-15-27-20(13-21(28-15)30-11-3-2-4-12-30)29-23-26-14-17(31-23)7-5-16-6-8-19(24)22-18(16)9-10-25-22/h5-10,13-14,25H,2-4,11-12H2,1H3,(H,26,27,28,29)/b7-5+. The molecule has 0 amide bonds. The number of anilines is 3. The van der Waals surface area contributed by atoms with Crippen molar-refractivity contribution in [3.63, 3.8) is 0 Å². The van der Waals surface area contributed by atoms with Gasteiger partial charge in [0, 0.05) is 41.8 Å². The van der Waals surface area contributed by atoms with Crippen molar-refractivity contribution in [1.82, 2.24) is 19.9 Å². The lowest BCUT2D eigenvalue weighted by atomic mass is 10.1. The third-order valence-electron chi connectivity index (χ3n) is 5.40. The van der Waals surface area contributed by atoms with Gasteiger partial charge in [0.15, 0.2) is 5.13 Å². The molecule has 5 rings (SSSR count). The number of H-pyrrole nitrogens is 1. The van der Waals surface area contributed by atoms with E-state index in [1.807, 2.05) is 43.6 Å². The van der Waals surface area contributed by atoms with E-state index in [1.54, 1.807) is 11.3 Å². The van der Waals surface area contributed by atoms with Crippen LogP contribution >= 0.6 is 22.9 Å². The Balaban J connectivity index is 1.33. The van der Waals surface area contributed by atoms with Crippen molar-refractivity contribution < 1.29 is 0 Å². The molecule has 31 heavy (non-hydrogen) atoms. The summed E-state index contributed by atoms with van der Waals surface area (Å²) in [5.74, 6) is 2.54. The average Bonchev–Trinajstić information content (AvgIpc) is 3.44. The van der Waals surface area contributed by atoms with Gasteiger partial charge >= 0.3 is 0 Å². The van der Waals surface area contributed by atoms with Gasteiger partial charge in [-0.2, -0.15) is 0 Å². The lowest BCUT2D eigenvalue weighted by Crippen LogP contribution is -2.30. The fourth-order valence-corrected chi connectivity index (χ4v) is 4.84. The van der Waals surface area contributed by atoms with E-state index in [0.717, 1.165) is 62.0 Å². The van der Waals surface area contributed by atoms with E-state index < -0.39 is 0 Å². The number of nitrogens with zero attached hydrogens (tertiary/aromatic N) is 4. The van der Waals surface area contributed by atoms with E-state index >= 15 is 0 Å². The normalized spacial score (nSPS) is 14.6. The second-order valence-corrected chi connectivity index (χ2v) is 9.10. The smallest absolute Gasteiger partial charge is 0.188 e. The number of hydrogen-bond acceptors (Lipinski definition) is 6. The molecule has 1 aliphatic heterocycles. The van der Waals surface area contributed by atoms with Crippen LogP contribution in [0.1, 0.15) is 35.5 Å². The summed E-state index contributed by atoms with van der Waals surface area (Å²) in [5, 5.41) is 5.99. The van der Waals surface area contributed by atoms with Crippen LogP contribution in [0.5, 0.6) is 0 Å². The summed E-state index contributed by atoms with van der Waals surface area (Å²) in [7, 11) is 0. The minimum Gasteiger partial charge on any atom is -0.360 e. The van der Waals surface area contributed by atoms with Crippen molar-refractivity contribution in [2.75, 3.05) is 23.3 Å². The van der Waals surface area contributed by atoms with E-state index in [4.69, 9.17) is 11.6 Å². The summed E-state index contributed by atoms with van der Waals surface area (Å²) in [6.45, 7) is 4.05. The molecule has 0 spiro atoms. The van der Waals surface area contributed by atoms with Crippen LogP contribution in [-0.4, -0.2) is 33.0 Å². The van der Waals surface area contributed by atoms with E-state index in [0.29, 0.717) is 0 Å². The molecule has 4 aromatic rings. The number of aryl methyl sites for hydroxylation is 1. The van der Waals surface area contributed by atoms with Gasteiger partial charge in [0.2, 0.25) is 0 Å². The van der Waals surface area contributed by atoms with Crippen LogP contribution in [0.25, 0.3) is 23.1 Å². The van der Waals surface area contributed by atoms with Gasteiger partial charge in [-0.05, 0) is 50.0 Å². The molecule has 0 unspecified atom stereocenters. The summed E-state index contributed by atoms with van der Waals surface area (Å²) in [5.41, 5.74) is 2.07. The topological polar surface area (TPSA) is 69.7 Å². The molecule has 1 saturated heterocycles. The van der Waals surface area contributed by atoms with E-state index in [9.17, 15) is 0 Å². The van der Waals surface area contributed by atoms with E-state index in [-0.39, 0.29) is 0 Å². The van der Waals surface area contributed by atoms with Crippen molar-refractivity contribution in [1.29, 1.82) is 0 Å². The maximum atomic E-state index is 6.25. The SMILES string of the molecule is Cc1nc(Nc2ncc(/C=C/c3ccc(Cl)c4[nH]ccc34)s2)cc(N2CCCCC2)n1. The number of hydrogen-bond donors (Lipinski definition) is 2. The summed E-state index contributed by atoms with van der Waals surface area (Å²) in [4.78, 5) is 20.3. The number of rotatable bonds is 5. The first kappa shape index (κ1) is 20.0. The Hall–Kier alpha value is -2.90. The van der Waals surface area contributed by atoms with Crippen LogP contribution in [-0.2, 0) is 0 Å². The minimum atomic E-state index is 0.727. The number of aromatic nitrogens is 4. The van der Waals surface area contributed by atoms with Gasteiger partial charge in [-0.25, -0.2) is 15.0 Å². The van der Waals surface area contributed by atoms with Crippen LogP contribution in [0.4, 0.5) is 16.8 Å². The summed E-state index contributed by atoms with van der Waals surface area (Å²) < 4.78 is 0. The van der Waals surface area contributed by atoms with Crippen molar-refractivity contribution >= 4 is 62.8 Å². The van der Waals surface area contributed by atoms with Gasteiger partial charge in [0.1, 0.15) is 17.5 Å². The molecule has 0 saturated carbocycles. The fraction of sp³-hybridized carbons (Fsp3) is 0.261. The number of benzene rings is 1. The third-order valence-corrected chi connectivity index (χ3v) is 6.59. The largest absolute Gasteiger partial charge is 0.360 e. The maximum absolute atomic E-state index is 6.25. The third kappa shape index (κ3) is 4.43. The zero-order valence-corrected chi connectivity index (χ0v) is 18.8. The van der Waals surface area contributed by atoms with Crippen LogP contribution < -0.4 is 10.2 Å². The Bertz CT molecular complexity index is 1240. The number of fused-ring (bicyclic) bond motifs is 1. The quantitative estimate of drug-likeness (QED) is 0.374. The first-order chi connectivity index (χ1) is 15.2. The van der Waals surface area contributed by atoms with Gasteiger partial charge in [-0.15, -0.1) is 0 Å². The van der Waals surface area contributed by atoms with Crippen LogP contribution in [0, 0.1) is 6.92 Å². The lowest BCUT2D eigenvalue weighted by Gasteiger charge is -2.28. The number of aromatic amines is 1. The Morgan fingerprint density at radius 3 is 2.87 bits per heavy atom. The van der Waals surface area contributed by atoms with E-state index in [1.165, 1.54) is 19.3 Å². The molecule has 1 fully saturated rings. The molecular formula is C23H23ClN6S. The van der Waals surface area contributed by atoms with Gasteiger partial charge in [-0.3, -0.25) is 0 Å². The van der Waals surface area contributed by atoms with Crippen molar-refractivity contribution in [2.24, 2.45) is 0 Å². The summed E-state index contributed by atoms with van der Waals surface area (Å²) in [6, 6.07) is 8.00. The molecule has 158 valence electrons. The number of nitrogens with one attached hydrogen (secondary N) is 2. The van der Waals surface area contributed by atoms with Crippen molar-refractivity contribution in [3.05, 3.63) is 57.9 Å². The predicted octanol–water partition coefficient (Wildman–Crippen LogP) is 6.28. The Labute approximate surface area is 190 Å². The molecule has 0 aliphatic carbocycles. The molecule has 0 bridgehead atoms. The number of thiazole rings is 1. The molecule has 6 nitrogen and oxygen atoms in total. The lowest BCUT2D eigenvalue weighted by molar-refractivity contribution is 0.572. The highest BCUT2D eigenvalue weighted by atomic mass is 35.5. The second kappa shape index (κ2) is 8.69. The van der Waals surface area contributed by atoms with Crippen LogP contribution in [0.2, 0.25) is 5.02 Å². The monoisotopic (exact) mass is 450 g/mol. The second-order valence-electron chi connectivity index (χ2n) is 7.64. The fourth-order valence-electron chi connectivity index (χ4n) is 3.89. The maximum Gasteiger partial charge on any atom is 0.188 e. The molecule has 0 atom stereocenters.